The van der Waals surface area contributed by atoms with Gasteiger partial charge < -0.3 is 29.2 Å². The number of rotatable bonds is 13. The van der Waals surface area contributed by atoms with Gasteiger partial charge in [-0.05, 0) is 31.9 Å². The fourth-order valence-electron chi connectivity index (χ4n) is 0.919. The predicted octanol–water partition coefficient (Wildman–Crippen LogP) is 0.481. The van der Waals surface area contributed by atoms with Crippen molar-refractivity contribution in [2.75, 3.05) is 59.5 Å². The van der Waals surface area contributed by atoms with Gasteiger partial charge in [0.05, 0.1) is 59.5 Å². The zero-order chi connectivity index (χ0) is 13.7. The first-order valence-electron chi connectivity index (χ1n) is 5.58. The molecule has 0 fully saturated rings. The number of halogens is 2. The van der Waals surface area contributed by atoms with Crippen molar-refractivity contribution in [1.82, 2.24) is 0 Å². The highest BCUT2D eigenvalue weighted by Gasteiger charge is 2.16. The monoisotopic (exact) mass is 394 g/mol. The molecule has 18 heavy (non-hydrogen) atoms. The summed E-state index contributed by atoms with van der Waals surface area (Å²) in [6.45, 7) is 3.28. The molecule has 0 radical (unpaired) electrons. The lowest BCUT2D eigenvalue weighted by Gasteiger charge is -2.13. The largest absolute Gasteiger partial charge is 0.394 e. The number of aliphatic hydroxyl groups is 2. The molecule has 0 aromatic rings. The van der Waals surface area contributed by atoms with E-state index in [9.17, 15) is 5.11 Å². The quantitative estimate of drug-likeness (QED) is 0.349. The van der Waals surface area contributed by atoms with Crippen molar-refractivity contribution < 1.29 is 29.2 Å². The van der Waals surface area contributed by atoms with E-state index < -0.39 is 3.42 Å². The Labute approximate surface area is 124 Å². The van der Waals surface area contributed by atoms with E-state index in [1.807, 2.05) is 0 Å². The van der Waals surface area contributed by atoms with Gasteiger partial charge in [-0.3, -0.25) is 0 Å². The minimum Gasteiger partial charge on any atom is -0.394 e. The molecule has 0 unspecified atom stereocenters. The molecule has 0 aliphatic carbocycles. The summed E-state index contributed by atoms with van der Waals surface area (Å²) in [5.41, 5.74) is 0. The Morgan fingerprint density at radius 1 is 0.722 bits per heavy atom. The third kappa shape index (κ3) is 16.7. The molecule has 0 saturated carbocycles. The van der Waals surface area contributed by atoms with Crippen molar-refractivity contribution in [2.45, 2.75) is 3.42 Å². The Bertz CT molecular complexity index is 176. The third-order valence-corrected chi connectivity index (χ3v) is 2.09. The molecule has 0 bridgehead atoms. The summed E-state index contributed by atoms with van der Waals surface area (Å²) in [7, 11) is 0. The number of aliphatic hydroxyl groups excluding tert-OH is 1. The van der Waals surface area contributed by atoms with Gasteiger partial charge in [-0.25, -0.2) is 0 Å². The van der Waals surface area contributed by atoms with Crippen molar-refractivity contribution in [3.63, 3.8) is 0 Å². The lowest BCUT2D eigenvalue weighted by Crippen LogP contribution is -2.20. The van der Waals surface area contributed by atoms with Gasteiger partial charge in [0.25, 0.3) is 0 Å². The molecule has 8 heteroatoms. The standard InChI is InChI=1S/C10H20Br2O6/c11-10(12,14)9-18-8-7-17-6-5-16-4-3-15-2-1-13/h13-14H,1-9H2. The Morgan fingerprint density at radius 3 is 1.50 bits per heavy atom. The second kappa shape index (κ2) is 12.7. The molecule has 2 N–H and O–H groups in total. The lowest BCUT2D eigenvalue weighted by molar-refractivity contribution is -0.0118. The topological polar surface area (TPSA) is 77.4 Å². The number of ether oxygens (including phenoxy) is 4. The average molecular weight is 396 g/mol. The number of hydrogen-bond donors (Lipinski definition) is 2. The van der Waals surface area contributed by atoms with Gasteiger partial charge in [-0.2, -0.15) is 0 Å². The number of hydrogen-bond acceptors (Lipinski definition) is 6. The van der Waals surface area contributed by atoms with Crippen molar-refractivity contribution in [3.8, 4) is 0 Å². The van der Waals surface area contributed by atoms with Crippen LogP contribution in [-0.4, -0.2) is 73.1 Å². The molecule has 0 heterocycles. The van der Waals surface area contributed by atoms with Crippen LogP contribution in [0.5, 0.6) is 0 Å². The molecule has 0 amide bonds. The van der Waals surface area contributed by atoms with Gasteiger partial charge in [0.15, 0.2) is 3.42 Å². The second-order valence-electron chi connectivity index (χ2n) is 3.28. The smallest absolute Gasteiger partial charge is 0.198 e. The maximum absolute atomic E-state index is 9.20. The zero-order valence-corrected chi connectivity index (χ0v) is 13.3. The minimum atomic E-state index is -1.17. The Hall–Kier alpha value is 0.720. The molecule has 0 aromatic carbocycles. The molecule has 0 saturated heterocycles. The molecule has 110 valence electrons. The van der Waals surface area contributed by atoms with Crippen molar-refractivity contribution in [2.24, 2.45) is 0 Å². The summed E-state index contributed by atoms with van der Waals surface area (Å²) in [6, 6.07) is 0. The van der Waals surface area contributed by atoms with Crippen LogP contribution in [0.2, 0.25) is 0 Å². The third-order valence-electron chi connectivity index (χ3n) is 1.63. The first kappa shape index (κ1) is 18.7. The highest BCUT2D eigenvalue weighted by molar-refractivity contribution is 9.25. The SMILES string of the molecule is OCCOCCOCCOCCOCC(O)(Br)Br. The first-order chi connectivity index (χ1) is 8.56. The fraction of sp³-hybridized carbons (Fsp3) is 1.00. The van der Waals surface area contributed by atoms with E-state index in [0.717, 1.165) is 0 Å². The predicted molar refractivity (Wildman–Crippen MR) is 73.2 cm³/mol. The van der Waals surface area contributed by atoms with Crippen molar-refractivity contribution in [1.29, 1.82) is 0 Å². The van der Waals surface area contributed by atoms with E-state index in [1.165, 1.54) is 0 Å². The van der Waals surface area contributed by atoms with Crippen LogP contribution in [-0.2, 0) is 18.9 Å². The zero-order valence-electron chi connectivity index (χ0n) is 10.1. The summed E-state index contributed by atoms with van der Waals surface area (Å²) in [5.74, 6) is 0. The molecule has 0 rings (SSSR count). The van der Waals surface area contributed by atoms with Gasteiger partial charge >= 0.3 is 0 Å². The molecule has 0 aliphatic rings. The van der Waals surface area contributed by atoms with E-state index >= 15 is 0 Å². The first-order valence-corrected chi connectivity index (χ1v) is 7.17. The Kier molecular flexibility index (Phi) is 13.2. The van der Waals surface area contributed by atoms with Crippen LogP contribution in [0.25, 0.3) is 0 Å². The van der Waals surface area contributed by atoms with Crippen LogP contribution in [0.1, 0.15) is 0 Å². The molecular formula is C10H20Br2O6. The second-order valence-corrected chi connectivity index (χ2v) is 6.97. The van der Waals surface area contributed by atoms with E-state index in [4.69, 9.17) is 24.1 Å². The van der Waals surface area contributed by atoms with Crippen LogP contribution in [0.4, 0.5) is 0 Å². The van der Waals surface area contributed by atoms with Crippen LogP contribution < -0.4 is 0 Å². The van der Waals surface area contributed by atoms with E-state index in [0.29, 0.717) is 46.2 Å². The van der Waals surface area contributed by atoms with Gasteiger partial charge in [0, 0.05) is 0 Å². The maximum Gasteiger partial charge on any atom is 0.198 e. The van der Waals surface area contributed by atoms with E-state index in [-0.39, 0.29) is 13.2 Å². The number of alkyl halides is 2. The summed E-state index contributed by atoms with van der Waals surface area (Å²) >= 11 is 5.93. The van der Waals surface area contributed by atoms with Crippen LogP contribution in [0.15, 0.2) is 0 Å². The fourth-order valence-corrected chi connectivity index (χ4v) is 1.24. The van der Waals surface area contributed by atoms with Gasteiger partial charge in [-0.15, -0.1) is 0 Å². The normalized spacial score (nSPS) is 12.0. The molecule has 0 aliphatic heterocycles. The van der Waals surface area contributed by atoms with Crippen LogP contribution in [0.3, 0.4) is 0 Å². The minimum absolute atomic E-state index is 0.0288. The van der Waals surface area contributed by atoms with E-state index in [2.05, 4.69) is 31.9 Å². The molecule has 0 aromatic heterocycles. The summed E-state index contributed by atoms with van der Waals surface area (Å²) < 4.78 is 19.4. The van der Waals surface area contributed by atoms with E-state index in [1.54, 1.807) is 0 Å². The maximum atomic E-state index is 9.20. The molecule has 0 spiro atoms. The Balaban J connectivity index is 2.99. The lowest BCUT2D eigenvalue weighted by atomic mass is 10.7. The van der Waals surface area contributed by atoms with Crippen LogP contribution >= 0.6 is 31.9 Å². The van der Waals surface area contributed by atoms with Gasteiger partial charge in [0.2, 0.25) is 0 Å². The van der Waals surface area contributed by atoms with Gasteiger partial charge in [0.1, 0.15) is 0 Å². The Morgan fingerprint density at radius 2 is 1.11 bits per heavy atom. The van der Waals surface area contributed by atoms with Crippen LogP contribution in [0, 0.1) is 0 Å². The van der Waals surface area contributed by atoms with Crippen molar-refractivity contribution in [3.05, 3.63) is 0 Å². The average Bonchev–Trinajstić information content (AvgIpc) is 2.29. The summed E-state index contributed by atoms with van der Waals surface area (Å²) in [4.78, 5) is 0. The highest BCUT2D eigenvalue weighted by Crippen LogP contribution is 2.21. The van der Waals surface area contributed by atoms with Gasteiger partial charge in [-0.1, -0.05) is 0 Å². The molecule has 0 atom stereocenters. The molecular weight excluding hydrogens is 376 g/mol. The highest BCUT2D eigenvalue weighted by atomic mass is 79.9. The molecule has 6 nitrogen and oxygen atoms in total. The van der Waals surface area contributed by atoms with Crippen molar-refractivity contribution >= 4 is 31.9 Å². The summed E-state index contributed by atoms with van der Waals surface area (Å²) in [5, 5.41) is 17.6. The summed E-state index contributed by atoms with van der Waals surface area (Å²) in [6.07, 6.45) is 0.